The average Bonchev–Trinajstić information content (AvgIpc) is 2.66. The Morgan fingerprint density at radius 1 is 1.18 bits per heavy atom. The summed E-state index contributed by atoms with van der Waals surface area (Å²) in [5.41, 5.74) is 7.98. The number of rotatable bonds is 9. The van der Waals surface area contributed by atoms with E-state index in [0.29, 0.717) is 11.1 Å². The van der Waals surface area contributed by atoms with Crippen molar-refractivity contribution in [3.05, 3.63) is 65.2 Å². The van der Waals surface area contributed by atoms with Gasteiger partial charge in [-0.15, -0.1) is 12.4 Å². The lowest BCUT2D eigenvalue weighted by Gasteiger charge is -2.15. The monoisotopic (exact) mass is 427 g/mol. The number of nitrogens with one attached hydrogen (secondary N) is 2. The topological polar surface area (TPSA) is 111 Å². The zero-order valence-corrected chi connectivity index (χ0v) is 17.5. The van der Waals surface area contributed by atoms with Crippen molar-refractivity contribution in [1.29, 1.82) is 0 Å². The second-order valence-electron chi connectivity index (χ2n) is 6.09. The minimum absolute atomic E-state index is 0. The Bertz CT molecular complexity index is 876. The van der Waals surface area contributed by atoms with Crippen molar-refractivity contribution < 1.29 is 17.9 Å². The van der Waals surface area contributed by atoms with Crippen molar-refractivity contribution in [1.82, 2.24) is 10.0 Å². The number of hydrogen-bond donors (Lipinski definition) is 3. The molecule has 2 aromatic rings. The highest BCUT2D eigenvalue weighted by Gasteiger charge is 2.18. The first kappa shape index (κ1) is 24.1. The van der Waals surface area contributed by atoms with Gasteiger partial charge in [0.2, 0.25) is 10.0 Å². The molecule has 28 heavy (non-hydrogen) atoms. The van der Waals surface area contributed by atoms with Gasteiger partial charge in [0.25, 0.3) is 5.91 Å². The summed E-state index contributed by atoms with van der Waals surface area (Å²) >= 11 is 0. The van der Waals surface area contributed by atoms with Gasteiger partial charge in [-0.25, -0.2) is 13.1 Å². The number of nitrogens with two attached hydrogens (primary N) is 1. The van der Waals surface area contributed by atoms with Gasteiger partial charge < -0.3 is 15.8 Å². The molecule has 0 aliphatic carbocycles. The number of sulfonamides is 1. The van der Waals surface area contributed by atoms with Crippen LogP contribution in [-0.2, 0) is 14.8 Å². The van der Waals surface area contributed by atoms with Gasteiger partial charge in [-0.05, 0) is 30.2 Å². The maximum atomic E-state index is 12.5. The Kier molecular flexibility index (Phi) is 9.57. The van der Waals surface area contributed by atoms with Crippen molar-refractivity contribution in [2.45, 2.75) is 17.9 Å². The highest BCUT2D eigenvalue weighted by atomic mass is 35.5. The van der Waals surface area contributed by atoms with E-state index >= 15 is 0 Å². The molecule has 154 valence electrons. The first-order valence-electron chi connectivity index (χ1n) is 8.53. The van der Waals surface area contributed by atoms with Crippen LogP contribution in [0.2, 0.25) is 0 Å². The lowest BCUT2D eigenvalue weighted by Crippen LogP contribution is -2.32. The van der Waals surface area contributed by atoms with Crippen LogP contribution in [0.3, 0.4) is 0 Å². The van der Waals surface area contributed by atoms with Crippen molar-refractivity contribution in [2.75, 3.05) is 26.8 Å². The van der Waals surface area contributed by atoms with Crippen LogP contribution in [0.1, 0.15) is 27.5 Å². The number of carbonyl (C=O) groups excluding carboxylic acids is 1. The first-order valence-corrected chi connectivity index (χ1v) is 10.0. The predicted molar refractivity (Wildman–Crippen MR) is 111 cm³/mol. The summed E-state index contributed by atoms with van der Waals surface area (Å²) in [5, 5.41) is 2.77. The molecule has 9 heteroatoms. The summed E-state index contributed by atoms with van der Waals surface area (Å²) in [6, 6.07) is 13.5. The van der Waals surface area contributed by atoms with E-state index < -0.39 is 10.0 Å². The number of carbonyl (C=O) groups is 1. The Morgan fingerprint density at radius 3 is 2.50 bits per heavy atom. The molecule has 7 nitrogen and oxygen atoms in total. The highest BCUT2D eigenvalue weighted by molar-refractivity contribution is 7.89. The maximum absolute atomic E-state index is 12.5. The summed E-state index contributed by atoms with van der Waals surface area (Å²) in [4.78, 5) is 12.6. The fourth-order valence-electron chi connectivity index (χ4n) is 2.49. The van der Waals surface area contributed by atoms with Crippen molar-refractivity contribution >= 4 is 28.3 Å². The summed E-state index contributed by atoms with van der Waals surface area (Å²) in [6.07, 6.45) is 0. The minimum Gasteiger partial charge on any atom is -0.383 e. The van der Waals surface area contributed by atoms with Crippen LogP contribution in [0.5, 0.6) is 0 Å². The fraction of sp³-hybridized carbons (Fsp3) is 0.316. The van der Waals surface area contributed by atoms with Gasteiger partial charge in [0, 0.05) is 31.8 Å². The lowest BCUT2D eigenvalue weighted by atomic mass is 10.1. The molecule has 0 aliphatic heterocycles. The van der Waals surface area contributed by atoms with Crippen LogP contribution in [0, 0.1) is 6.92 Å². The van der Waals surface area contributed by atoms with Gasteiger partial charge in [0.15, 0.2) is 0 Å². The van der Waals surface area contributed by atoms with E-state index in [4.69, 9.17) is 10.5 Å². The number of methoxy groups -OCH3 is 1. The summed E-state index contributed by atoms with van der Waals surface area (Å²) in [6.45, 7) is 2.40. The van der Waals surface area contributed by atoms with Gasteiger partial charge in [-0.2, -0.15) is 0 Å². The molecule has 1 amide bonds. The van der Waals surface area contributed by atoms with E-state index in [1.54, 1.807) is 13.0 Å². The average molecular weight is 428 g/mol. The van der Waals surface area contributed by atoms with Crippen molar-refractivity contribution in [2.24, 2.45) is 5.73 Å². The van der Waals surface area contributed by atoms with Crippen LogP contribution >= 0.6 is 12.4 Å². The van der Waals surface area contributed by atoms with Crippen LogP contribution in [0.25, 0.3) is 0 Å². The number of halogens is 1. The zero-order valence-electron chi connectivity index (χ0n) is 15.8. The molecule has 0 heterocycles. The minimum atomic E-state index is -3.71. The fourth-order valence-corrected chi connectivity index (χ4v) is 3.53. The van der Waals surface area contributed by atoms with Gasteiger partial charge >= 0.3 is 0 Å². The molecule has 2 aromatic carbocycles. The van der Waals surface area contributed by atoms with E-state index in [2.05, 4.69) is 10.0 Å². The van der Waals surface area contributed by atoms with Gasteiger partial charge in [0.05, 0.1) is 11.5 Å². The molecule has 0 fully saturated rings. The van der Waals surface area contributed by atoms with Gasteiger partial charge in [-0.3, -0.25) is 4.79 Å². The number of amides is 1. The Labute approximate surface area is 172 Å². The van der Waals surface area contributed by atoms with Crippen molar-refractivity contribution in [3.63, 3.8) is 0 Å². The molecular formula is C19H26ClN3O4S. The van der Waals surface area contributed by atoms with Crippen LogP contribution in [0.15, 0.2) is 53.4 Å². The van der Waals surface area contributed by atoms with E-state index in [-0.39, 0.29) is 48.9 Å². The third-order valence-corrected chi connectivity index (χ3v) is 5.53. The maximum Gasteiger partial charge on any atom is 0.251 e. The molecule has 1 atom stereocenters. The van der Waals surface area contributed by atoms with Gasteiger partial charge in [0.1, 0.15) is 0 Å². The normalized spacial score (nSPS) is 12.1. The highest BCUT2D eigenvalue weighted by Crippen LogP contribution is 2.16. The molecule has 0 aliphatic rings. The van der Waals surface area contributed by atoms with E-state index in [1.807, 2.05) is 30.3 Å². The lowest BCUT2D eigenvalue weighted by molar-refractivity contribution is 0.0950. The number of benzene rings is 2. The standard InChI is InChI=1S/C19H25N3O4S.ClH/c1-14-8-9-16(27(24,25)22-10-11-26-2)12-17(14)19(23)21-13-18(20)15-6-4-3-5-7-15;/h3-9,12,18,22H,10-11,13,20H2,1-2H3,(H,21,23);1H. The Balaban J connectivity index is 0.00000392. The number of hydrogen-bond acceptors (Lipinski definition) is 5. The molecule has 0 bridgehead atoms. The van der Waals surface area contributed by atoms with Crippen LogP contribution < -0.4 is 15.8 Å². The molecule has 0 spiro atoms. The molecule has 0 aromatic heterocycles. The largest absolute Gasteiger partial charge is 0.383 e. The quantitative estimate of drug-likeness (QED) is 0.528. The molecule has 1 unspecified atom stereocenters. The zero-order chi connectivity index (χ0) is 19.9. The van der Waals surface area contributed by atoms with E-state index in [9.17, 15) is 13.2 Å². The second kappa shape index (κ2) is 11.1. The summed E-state index contributed by atoms with van der Waals surface area (Å²) in [5.74, 6) is -0.368. The predicted octanol–water partition coefficient (Wildman–Crippen LogP) is 1.77. The number of aryl methyl sites for hydroxylation is 1. The molecule has 4 N–H and O–H groups in total. The van der Waals surface area contributed by atoms with Crippen LogP contribution in [0.4, 0.5) is 0 Å². The van der Waals surface area contributed by atoms with Crippen LogP contribution in [-0.4, -0.2) is 41.1 Å². The molecule has 0 saturated heterocycles. The summed E-state index contributed by atoms with van der Waals surface area (Å²) in [7, 11) is -2.23. The third kappa shape index (κ3) is 6.57. The molecular weight excluding hydrogens is 402 g/mol. The third-order valence-electron chi connectivity index (χ3n) is 4.07. The molecule has 2 rings (SSSR count). The van der Waals surface area contributed by atoms with E-state index in [0.717, 1.165) is 5.56 Å². The van der Waals surface area contributed by atoms with Gasteiger partial charge in [-0.1, -0.05) is 36.4 Å². The van der Waals surface area contributed by atoms with Crippen molar-refractivity contribution in [3.8, 4) is 0 Å². The second-order valence-corrected chi connectivity index (χ2v) is 7.86. The SMILES string of the molecule is COCCNS(=O)(=O)c1ccc(C)c(C(=O)NCC(N)c2ccccc2)c1.Cl. The van der Waals surface area contributed by atoms with E-state index in [1.165, 1.54) is 19.2 Å². The molecule has 0 radical (unpaired) electrons. The Morgan fingerprint density at radius 2 is 1.86 bits per heavy atom. The Hall–Kier alpha value is -1.97. The number of ether oxygens (including phenoxy) is 1. The summed E-state index contributed by atoms with van der Waals surface area (Å²) < 4.78 is 31.9. The molecule has 0 saturated carbocycles. The first-order chi connectivity index (χ1) is 12.8. The smallest absolute Gasteiger partial charge is 0.251 e.